The standard InChI is InChI=1S/C5H11NOS/c6-4-3-8-2-1-5(4)7/h4-5,7H,1-3,6H2/t4-,5+/m1/s1. The van der Waals surface area contributed by atoms with Gasteiger partial charge in [0.2, 0.25) is 0 Å². The lowest BCUT2D eigenvalue weighted by atomic mass is 10.1. The highest BCUT2D eigenvalue weighted by Crippen LogP contribution is 2.15. The molecule has 3 N–H and O–H groups in total. The minimum Gasteiger partial charge on any atom is -0.391 e. The molecule has 0 unspecified atom stereocenters. The number of hydrogen-bond acceptors (Lipinski definition) is 3. The van der Waals surface area contributed by atoms with E-state index in [1.165, 1.54) is 0 Å². The Labute approximate surface area is 53.5 Å². The van der Waals surface area contributed by atoms with Crippen LogP contribution < -0.4 is 5.73 Å². The summed E-state index contributed by atoms with van der Waals surface area (Å²) in [4.78, 5) is 0. The second kappa shape index (κ2) is 2.71. The van der Waals surface area contributed by atoms with Crippen molar-refractivity contribution in [3.63, 3.8) is 0 Å². The first kappa shape index (κ1) is 6.39. The van der Waals surface area contributed by atoms with Crippen molar-refractivity contribution in [3.05, 3.63) is 0 Å². The maximum atomic E-state index is 9.04. The van der Waals surface area contributed by atoms with E-state index in [-0.39, 0.29) is 12.1 Å². The third-order valence-corrected chi connectivity index (χ3v) is 2.51. The van der Waals surface area contributed by atoms with Gasteiger partial charge in [-0.1, -0.05) is 0 Å². The molecule has 0 spiro atoms. The number of aliphatic hydroxyl groups is 1. The Bertz CT molecular complexity index is 68.8. The van der Waals surface area contributed by atoms with Crippen molar-refractivity contribution in [1.82, 2.24) is 0 Å². The first-order valence-corrected chi connectivity index (χ1v) is 3.97. The molecule has 8 heavy (non-hydrogen) atoms. The van der Waals surface area contributed by atoms with Gasteiger partial charge in [0, 0.05) is 11.8 Å². The molecule has 0 aromatic carbocycles. The zero-order valence-corrected chi connectivity index (χ0v) is 5.53. The lowest BCUT2D eigenvalue weighted by Gasteiger charge is -2.22. The number of rotatable bonds is 0. The largest absolute Gasteiger partial charge is 0.391 e. The second-order valence-electron chi connectivity index (χ2n) is 2.09. The lowest BCUT2D eigenvalue weighted by Crippen LogP contribution is -2.40. The molecule has 0 radical (unpaired) electrons. The maximum absolute atomic E-state index is 9.04. The summed E-state index contributed by atoms with van der Waals surface area (Å²) < 4.78 is 0. The van der Waals surface area contributed by atoms with Crippen LogP contribution in [0.15, 0.2) is 0 Å². The Kier molecular flexibility index (Phi) is 2.16. The average molecular weight is 133 g/mol. The first-order chi connectivity index (χ1) is 3.80. The van der Waals surface area contributed by atoms with Crippen LogP contribution in [0.3, 0.4) is 0 Å². The molecule has 1 rings (SSSR count). The van der Waals surface area contributed by atoms with E-state index in [0.29, 0.717) is 0 Å². The number of aliphatic hydroxyl groups excluding tert-OH is 1. The van der Waals surface area contributed by atoms with Crippen molar-refractivity contribution in [1.29, 1.82) is 0 Å². The summed E-state index contributed by atoms with van der Waals surface area (Å²) >= 11 is 1.82. The highest BCUT2D eigenvalue weighted by molar-refractivity contribution is 7.99. The third kappa shape index (κ3) is 1.37. The second-order valence-corrected chi connectivity index (χ2v) is 3.24. The summed E-state index contributed by atoms with van der Waals surface area (Å²) in [6, 6.07) is 0.0220. The normalized spacial score (nSPS) is 39.8. The van der Waals surface area contributed by atoms with E-state index in [4.69, 9.17) is 10.8 Å². The minimum atomic E-state index is -0.240. The van der Waals surface area contributed by atoms with Gasteiger partial charge in [-0.2, -0.15) is 11.8 Å². The van der Waals surface area contributed by atoms with E-state index in [9.17, 15) is 0 Å². The van der Waals surface area contributed by atoms with E-state index in [1.807, 2.05) is 11.8 Å². The van der Waals surface area contributed by atoms with Crippen LogP contribution in [-0.4, -0.2) is 28.8 Å². The van der Waals surface area contributed by atoms with E-state index in [0.717, 1.165) is 17.9 Å². The topological polar surface area (TPSA) is 46.2 Å². The molecule has 0 aromatic rings. The molecule has 0 saturated carbocycles. The minimum absolute atomic E-state index is 0.0220. The molecule has 3 heteroatoms. The monoisotopic (exact) mass is 133 g/mol. The van der Waals surface area contributed by atoms with Gasteiger partial charge in [0.1, 0.15) is 0 Å². The summed E-state index contributed by atoms with van der Waals surface area (Å²) in [5.74, 6) is 1.98. The Balaban J connectivity index is 2.28. The maximum Gasteiger partial charge on any atom is 0.0707 e. The van der Waals surface area contributed by atoms with Crippen molar-refractivity contribution in [3.8, 4) is 0 Å². The lowest BCUT2D eigenvalue weighted by molar-refractivity contribution is 0.146. The summed E-state index contributed by atoms with van der Waals surface area (Å²) in [5.41, 5.74) is 5.51. The molecule has 2 atom stereocenters. The Morgan fingerprint density at radius 3 is 2.75 bits per heavy atom. The van der Waals surface area contributed by atoms with Gasteiger partial charge in [-0.05, 0) is 12.2 Å². The molecule has 2 nitrogen and oxygen atoms in total. The molecule has 1 fully saturated rings. The molecule has 0 aromatic heterocycles. The van der Waals surface area contributed by atoms with Crippen LogP contribution in [0.4, 0.5) is 0 Å². The number of thioether (sulfide) groups is 1. The van der Waals surface area contributed by atoms with Gasteiger partial charge in [-0.3, -0.25) is 0 Å². The Hall–Kier alpha value is 0.270. The van der Waals surface area contributed by atoms with E-state index < -0.39 is 0 Å². The van der Waals surface area contributed by atoms with Crippen LogP contribution in [0.5, 0.6) is 0 Å². The molecule has 1 aliphatic rings. The third-order valence-electron chi connectivity index (χ3n) is 1.36. The van der Waals surface area contributed by atoms with Crippen LogP contribution in [0, 0.1) is 0 Å². The first-order valence-electron chi connectivity index (χ1n) is 2.82. The summed E-state index contributed by atoms with van der Waals surface area (Å²) in [5, 5.41) is 9.04. The summed E-state index contributed by atoms with van der Waals surface area (Å²) in [6.07, 6.45) is 0.627. The summed E-state index contributed by atoms with van der Waals surface area (Å²) in [6.45, 7) is 0. The van der Waals surface area contributed by atoms with Crippen LogP contribution in [0.25, 0.3) is 0 Å². The van der Waals surface area contributed by atoms with Gasteiger partial charge >= 0.3 is 0 Å². The highest BCUT2D eigenvalue weighted by atomic mass is 32.2. The smallest absolute Gasteiger partial charge is 0.0707 e. The fourth-order valence-electron chi connectivity index (χ4n) is 0.749. The van der Waals surface area contributed by atoms with Gasteiger partial charge in [-0.25, -0.2) is 0 Å². The van der Waals surface area contributed by atoms with Crippen molar-refractivity contribution < 1.29 is 5.11 Å². The van der Waals surface area contributed by atoms with Crippen molar-refractivity contribution in [2.24, 2.45) is 5.73 Å². The van der Waals surface area contributed by atoms with E-state index in [2.05, 4.69) is 0 Å². The fourth-order valence-corrected chi connectivity index (χ4v) is 1.82. The highest BCUT2D eigenvalue weighted by Gasteiger charge is 2.18. The van der Waals surface area contributed by atoms with Crippen LogP contribution in [0.2, 0.25) is 0 Å². The molecule has 0 bridgehead atoms. The van der Waals surface area contributed by atoms with Crippen molar-refractivity contribution >= 4 is 11.8 Å². The van der Waals surface area contributed by atoms with Gasteiger partial charge < -0.3 is 10.8 Å². The molecule has 1 aliphatic heterocycles. The SMILES string of the molecule is N[C@@H]1CSCC[C@@H]1O. The quantitative estimate of drug-likeness (QED) is 0.481. The van der Waals surface area contributed by atoms with Crippen LogP contribution >= 0.6 is 11.8 Å². The molecule has 0 aliphatic carbocycles. The van der Waals surface area contributed by atoms with E-state index >= 15 is 0 Å². The van der Waals surface area contributed by atoms with Crippen molar-refractivity contribution in [2.75, 3.05) is 11.5 Å². The fraction of sp³-hybridized carbons (Fsp3) is 1.00. The predicted octanol–water partition coefficient (Wildman–Crippen LogP) is -0.189. The Morgan fingerprint density at radius 1 is 1.62 bits per heavy atom. The Morgan fingerprint density at radius 2 is 2.38 bits per heavy atom. The summed E-state index contributed by atoms with van der Waals surface area (Å²) in [7, 11) is 0. The van der Waals surface area contributed by atoms with Gasteiger partial charge in [-0.15, -0.1) is 0 Å². The molecule has 0 amide bonds. The molecule has 1 heterocycles. The zero-order valence-electron chi connectivity index (χ0n) is 4.71. The predicted molar refractivity (Wildman–Crippen MR) is 35.9 cm³/mol. The van der Waals surface area contributed by atoms with Gasteiger partial charge in [0.15, 0.2) is 0 Å². The average Bonchev–Trinajstić information content (AvgIpc) is 1.77. The van der Waals surface area contributed by atoms with Crippen molar-refractivity contribution in [2.45, 2.75) is 18.6 Å². The molecular weight excluding hydrogens is 122 g/mol. The van der Waals surface area contributed by atoms with E-state index in [1.54, 1.807) is 0 Å². The molecular formula is C5H11NOS. The number of nitrogens with two attached hydrogens (primary N) is 1. The van der Waals surface area contributed by atoms with Gasteiger partial charge in [0.05, 0.1) is 6.10 Å². The molecule has 1 saturated heterocycles. The van der Waals surface area contributed by atoms with Crippen LogP contribution in [0.1, 0.15) is 6.42 Å². The zero-order chi connectivity index (χ0) is 5.98. The number of hydrogen-bond donors (Lipinski definition) is 2. The van der Waals surface area contributed by atoms with Crippen LogP contribution in [-0.2, 0) is 0 Å². The van der Waals surface area contributed by atoms with Gasteiger partial charge in [0.25, 0.3) is 0 Å². The molecule has 48 valence electrons.